The number of nitrogens with zero attached hydrogens (tertiary/aromatic N) is 3. The van der Waals surface area contributed by atoms with Crippen LogP contribution in [0.25, 0.3) is 0 Å². The molecular formula is C10H12N4O2S. The lowest BCUT2D eigenvalue weighted by Crippen LogP contribution is -2.19. The van der Waals surface area contributed by atoms with E-state index >= 15 is 0 Å². The summed E-state index contributed by atoms with van der Waals surface area (Å²) in [6.07, 6.45) is 0. The first-order valence-corrected chi connectivity index (χ1v) is 6.60. The molecule has 17 heavy (non-hydrogen) atoms. The van der Waals surface area contributed by atoms with Crippen molar-refractivity contribution in [2.24, 2.45) is 0 Å². The van der Waals surface area contributed by atoms with Crippen molar-refractivity contribution in [3.05, 3.63) is 41.7 Å². The standard InChI is InChI=1S/C10H12N4O2S/c1-8-12-13-10(14(8)11)17(15,16)7-9-5-3-2-4-6-9/h2-6H,7,11H2,1H3. The maximum atomic E-state index is 12.0. The maximum Gasteiger partial charge on any atom is 0.268 e. The summed E-state index contributed by atoms with van der Waals surface area (Å²) >= 11 is 0. The van der Waals surface area contributed by atoms with Crippen LogP contribution in [0.3, 0.4) is 0 Å². The van der Waals surface area contributed by atoms with Gasteiger partial charge in [0, 0.05) is 0 Å². The third-order valence-electron chi connectivity index (χ3n) is 2.31. The van der Waals surface area contributed by atoms with Gasteiger partial charge in [-0.1, -0.05) is 30.3 Å². The molecule has 0 unspecified atom stereocenters. The van der Waals surface area contributed by atoms with Gasteiger partial charge in [0.05, 0.1) is 5.75 Å². The molecule has 0 radical (unpaired) electrons. The molecule has 2 rings (SSSR count). The molecular weight excluding hydrogens is 240 g/mol. The minimum atomic E-state index is -3.56. The van der Waals surface area contributed by atoms with E-state index in [1.165, 1.54) is 0 Å². The number of nitrogens with two attached hydrogens (primary N) is 1. The SMILES string of the molecule is Cc1nnc(S(=O)(=O)Cc2ccccc2)n1N. The summed E-state index contributed by atoms with van der Waals surface area (Å²) in [5.41, 5.74) is 0.688. The highest BCUT2D eigenvalue weighted by atomic mass is 32.2. The predicted molar refractivity (Wildman–Crippen MR) is 62.2 cm³/mol. The van der Waals surface area contributed by atoms with Gasteiger partial charge >= 0.3 is 0 Å². The summed E-state index contributed by atoms with van der Waals surface area (Å²) in [6.45, 7) is 1.59. The Bertz CT molecular complexity index is 619. The summed E-state index contributed by atoms with van der Waals surface area (Å²) in [6, 6.07) is 8.86. The molecule has 0 saturated carbocycles. The zero-order chi connectivity index (χ0) is 12.5. The number of nitrogen functional groups attached to an aromatic ring is 1. The lowest BCUT2D eigenvalue weighted by atomic mass is 10.2. The minimum Gasteiger partial charge on any atom is -0.335 e. The fraction of sp³-hybridized carbons (Fsp3) is 0.200. The van der Waals surface area contributed by atoms with Gasteiger partial charge in [-0.15, -0.1) is 10.2 Å². The van der Waals surface area contributed by atoms with Gasteiger partial charge < -0.3 is 5.84 Å². The van der Waals surface area contributed by atoms with E-state index in [0.717, 1.165) is 4.68 Å². The number of aromatic nitrogens is 3. The largest absolute Gasteiger partial charge is 0.335 e. The Balaban J connectivity index is 2.35. The topological polar surface area (TPSA) is 90.9 Å². The third-order valence-corrected chi connectivity index (χ3v) is 3.86. The highest BCUT2D eigenvalue weighted by Crippen LogP contribution is 2.13. The van der Waals surface area contributed by atoms with Gasteiger partial charge in [-0.05, 0) is 12.5 Å². The molecule has 0 aliphatic carbocycles. The van der Waals surface area contributed by atoms with Gasteiger partial charge in [0.25, 0.3) is 5.16 Å². The van der Waals surface area contributed by atoms with E-state index < -0.39 is 9.84 Å². The fourth-order valence-electron chi connectivity index (χ4n) is 1.42. The van der Waals surface area contributed by atoms with E-state index in [4.69, 9.17) is 5.84 Å². The first kappa shape index (κ1) is 11.6. The molecule has 0 aliphatic rings. The number of hydrogen-bond acceptors (Lipinski definition) is 5. The quantitative estimate of drug-likeness (QED) is 0.792. The van der Waals surface area contributed by atoms with Crippen LogP contribution in [0, 0.1) is 6.92 Å². The van der Waals surface area contributed by atoms with Crippen molar-refractivity contribution >= 4 is 9.84 Å². The Morgan fingerprint density at radius 3 is 2.41 bits per heavy atom. The number of hydrogen-bond donors (Lipinski definition) is 1. The number of aryl methyl sites for hydroxylation is 1. The van der Waals surface area contributed by atoms with Gasteiger partial charge in [0.15, 0.2) is 0 Å². The molecule has 0 spiro atoms. The molecule has 90 valence electrons. The molecule has 0 saturated heterocycles. The van der Waals surface area contributed by atoms with Crippen LogP contribution >= 0.6 is 0 Å². The first-order valence-electron chi connectivity index (χ1n) is 4.94. The number of benzene rings is 1. The first-order chi connectivity index (χ1) is 8.00. The van der Waals surface area contributed by atoms with Crippen molar-refractivity contribution in [1.82, 2.24) is 14.9 Å². The third kappa shape index (κ3) is 2.28. The van der Waals surface area contributed by atoms with Gasteiger partial charge in [0.2, 0.25) is 9.84 Å². The van der Waals surface area contributed by atoms with Gasteiger partial charge in [-0.2, -0.15) is 0 Å². The smallest absolute Gasteiger partial charge is 0.268 e. The molecule has 1 aromatic heterocycles. The Hall–Kier alpha value is -1.89. The van der Waals surface area contributed by atoms with E-state index in [9.17, 15) is 8.42 Å². The van der Waals surface area contributed by atoms with Crippen LogP contribution < -0.4 is 5.84 Å². The zero-order valence-electron chi connectivity index (χ0n) is 9.24. The second-order valence-electron chi connectivity index (χ2n) is 3.64. The molecule has 1 aromatic carbocycles. The van der Waals surface area contributed by atoms with Crippen molar-refractivity contribution in [1.29, 1.82) is 0 Å². The normalized spacial score (nSPS) is 11.6. The second-order valence-corrected chi connectivity index (χ2v) is 5.53. The molecule has 0 amide bonds. The van der Waals surface area contributed by atoms with Crippen LogP contribution in [-0.4, -0.2) is 23.3 Å². The fourth-order valence-corrected chi connectivity index (χ4v) is 2.78. The zero-order valence-corrected chi connectivity index (χ0v) is 10.1. The summed E-state index contributed by atoms with van der Waals surface area (Å²) in [5, 5.41) is 7.01. The molecule has 0 atom stereocenters. The highest BCUT2D eigenvalue weighted by molar-refractivity contribution is 7.90. The van der Waals surface area contributed by atoms with Crippen molar-refractivity contribution in [3.63, 3.8) is 0 Å². The Kier molecular flexibility index (Phi) is 2.84. The van der Waals surface area contributed by atoms with Crippen LogP contribution in [0.4, 0.5) is 0 Å². The van der Waals surface area contributed by atoms with E-state index in [1.807, 2.05) is 6.07 Å². The highest BCUT2D eigenvalue weighted by Gasteiger charge is 2.22. The van der Waals surface area contributed by atoms with Gasteiger partial charge in [0.1, 0.15) is 5.82 Å². The lowest BCUT2D eigenvalue weighted by molar-refractivity contribution is 0.580. The van der Waals surface area contributed by atoms with Crippen LogP contribution in [0.15, 0.2) is 35.5 Å². The number of rotatable bonds is 3. The molecule has 2 N–H and O–H groups in total. The average molecular weight is 252 g/mol. The molecule has 1 heterocycles. The van der Waals surface area contributed by atoms with Crippen molar-refractivity contribution in [3.8, 4) is 0 Å². The Labute approximate surface area is 99.0 Å². The van der Waals surface area contributed by atoms with Crippen molar-refractivity contribution in [2.75, 3.05) is 5.84 Å². The van der Waals surface area contributed by atoms with Crippen molar-refractivity contribution in [2.45, 2.75) is 17.8 Å². The predicted octanol–water partition coefficient (Wildman–Crippen LogP) is 0.274. The summed E-state index contributed by atoms with van der Waals surface area (Å²) < 4.78 is 25.0. The molecule has 0 fully saturated rings. The number of sulfone groups is 1. The second kappa shape index (κ2) is 4.17. The van der Waals surface area contributed by atoms with Crippen LogP contribution in [0.2, 0.25) is 0 Å². The van der Waals surface area contributed by atoms with Crippen LogP contribution in [-0.2, 0) is 15.6 Å². The molecule has 7 heteroatoms. The Morgan fingerprint density at radius 2 is 1.88 bits per heavy atom. The average Bonchev–Trinajstić information content (AvgIpc) is 2.61. The molecule has 6 nitrogen and oxygen atoms in total. The summed E-state index contributed by atoms with van der Waals surface area (Å²) in [4.78, 5) is 0. The summed E-state index contributed by atoms with van der Waals surface area (Å²) in [7, 11) is -3.56. The van der Waals surface area contributed by atoms with E-state index in [0.29, 0.717) is 11.4 Å². The van der Waals surface area contributed by atoms with Crippen LogP contribution in [0.1, 0.15) is 11.4 Å². The maximum absolute atomic E-state index is 12.0. The summed E-state index contributed by atoms with van der Waals surface area (Å²) in [5.74, 6) is 5.78. The monoisotopic (exact) mass is 252 g/mol. The van der Waals surface area contributed by atoms with E-state index in [1.54, 1.807) is 31.2 Å². The molecule has 2 aromatic rings. The van der Waals surface area contributed by atoms with Crippen LogP contribution in [0.5, 0.6) is 0 Å². The Morgan fingerprint density at radius 1 is 1.24 bits per heavy atom. The van der Waals surface area contributed by atoms with Gasteiger partial charge in [-0.25, -0.2) is 13.1 Å². The minimum absolute atomic E-state index is 0.136. The van der Waals surface area contributed by atoms with Crippen molar-refractivity contribution < 1.29 is 8.42 Å². The van der Waals surface area contributed by atoms with E-state index in [-0.39, 0.29) is 10.9 Å². The molecule has 0 aliphatic heterocycles. The molecule has 0 bridgehead atoms. The van der Waals surface area contributed by atoms with Gasteiger partial charge in [-0.3, -0.25) is 0 Å². The van der Waals surface area contributed by atoms with E-state index in [2.05, 4.69) is 10.2 Å². The lowest BCUT2D eigenvalue weighted by Gasteiger charge is -2.03.